The van der Waals surface area contributed by atoms with Gasteiger partial charge in [-0.2, -0.15) is 18.2 Å². The van der Waals surface area contributed by atoms with E-state index in [1.807, 2.05) is 0 Å². The lowest BCUT2D eigenvalue weighted by Crippen LogP contribution is -2.46. The molecule has 0 fully saturated rings. The molecule has 0 aliphatic heterocycles. The number of hydrazine groups is 1. The van der Waals surface area contributed by atoms with E-state index >= 15 is 4.39 Å². The number of anilines is 1. The fourth-order valence-corrected chi connectivity index (χ4v) is 3.41. The number of rotatable bonds is 6. The van der Waals surface area contributed by atoms with Gasteiger partial charge in [-0.25, -0.2) is 24.2 Å². The van der Waals surface area contributed by atoms with E-state index in [1.165, 1.54) is 26.2 Å². The van der Waals surface area contributed by atoms with Crippen LogP contribution in [0.1, 0.15) is 32.0 Å². The zero-order valence-corrected chi connectivity index (χ0v) is 21.5. The van der Waals surface area contributed by atoms with Crippen LogP contribution in [-0.4, -0.2) is 48.2 Å². The van der Waals surface area contributed by atoms with E-state index in [0.29, 0.717) is 0 Å². The van der Waals surface area contributed by atoms with Crippen molar-refractivity contribution < 1.29 is 32.0 Å². The van der Waals surface area contributed by atoms with Gasteiger partial charge in [0.05, 0.1) is 17.0 Å². The van der Waals surface area contributed by atoms with Crippen LogP contribution in [0.2, 0.25) is 5.28 Å². The molecule has 11 nitrogen and oxygen atoms in total. The summed E-state index contributed by atoms with van der Waals surface area (Å²) in [6.45, 7) is 4.49. The molecule has 1 aromatic carbocycles. The summed E-state index contributed by atoms with van der Waals surface area (Å²) in [4.78, 5) is 34.6. The zero-order chi connectivity index (χ0) is 28.6. The number of halogens is 5. The third-order valence-corrected chi connectivity index (χ3v) is 5.14. The van der Waals surface area contributed by atoms with E-state index in [0.717, 1.165) is 33.0 Å². The van der Waals surface area contributed by atoms with Crippen molar-refractivity contribution in [1.82, 2.24) is 24.5 Å². The molecule has 2 heterocycles. The van der Waals surface area contributed by atoms with Gasteiger partial charge in [0.15, 0.2) is 5.69 Å². The summed E-state index contributed by atoms with van der Waals surface area (Å²) < 4.78 is 60.6. The number of amides is 1. The Bertz CT molecular complexity index is 1370. The molecule has 16 heteroatoms. The lowest BCUT2D eigenvalue weighted by atomic mass is 10.1. The van der Waals surface area contributed by atoms with Gasteiger partial charge in [-0.05, 0) is 50.1 Å². The molecule has 0 saturated heterocycles. The van der Waals surface area contributed by atoms with Gasteiger partial charge in [-0.3, -0.25) is 15.1 Å². The molecule has 0 spiro atoms. The Morgan fingerprint density at radius 3 is 2.42 bits per heavy atom. The van der Waals surface area contributed by atoms with E-state index in [9.17, 15) is 28.1 Å². The number of carbonyl (C=O) groups excluding carboxylic acids is 1. The minimum Gasteiger partial charge on any atom is -0.442 e. The summed E-state index contributed by atoms with van der Waals surface area (Å²) in [5.74, 6) is -1.56. The highest BCUT2D eigenvalue weighted by Crippen LogP contribution is 2.33. The minimum absolute atomic E-state index is 0.177. The molecular formula is C22H22ClF4N7O4. The Balaban J connectivity index is 2.04. The Labute approximate surface area is 218 Å². The molecule has 1 amide bonds. The summed E-state index contributed by atoms with van der Waals surface area (Å²) in [7, 11) is 2.55. The number of hydrogen-bond donors (Lipinski definition) is 0. The SMILES string of the molecule is CN(C(=O)OC(C)(C)C)N(Cc1ccc(-c2nc(C(F)(F)F)cn2C)c(F)c1)c1nc(Cl)ncc1[N+](=O)[O-]. The minimum atomic E-state index is -4.72. The van der Waals surface area contributed by atoms with Crippen LogP contribution in [0, 0.1) is 15.9 Å². The Morgan fingerprint density at radius 2 is 1.89 bits per heavy atom. The highest BCUT2D eigenvalue weighted by Gasteiger charge is 2.35. The maximum Gasteiger partial charge on any atom is 0.434 e. The van der Waals surface area contributed by atoms with E-state index in [4.69, 9.17) is 16.3 Å². The molecule has 0 unspecified atom stereocenters. The summed E-state index contributed by atoms with van der Waals surface area (Å²) >= 11 is 5.87. The molecular weight excluding hydrogens is 538 g/mol. The number of carbonyl (C=O) groups is 1. The average Bonchev–Trinajstić information content (AvgIpc) is 3.17. The molecule has 204 valence electrons. The van der Waals surface area contributed by atoms with Crippen LogP contribution >= 0.6 is 11.6 Å². The fourth-order valence-electron chi connectivity index (χ4n) is 3.28. The van der Waals surface area contributed by atoms with Gasteiger partial charge in [0.1, 0.15) is 23.4 Å². The van der Waals surface area contributed by atoms with Crippen molar-refractivity contribution in [3.63, 3.8) is 0 Å². The normalized spacial score (nSPS) is 11.8. The van der Waals surface area contributed by atoms with Crippen LogP contribution in [0.3, 0.4) is 0 Å². The number of imidazole rings is 1. The predicted octanol–water partition coefficient (Wildman–Crippen LogP) is 5.39. The first kappa shape index (κ1) is 28.6. The van der Waals surface area contributed by atoms with Gasteiger partial charge < -0.3 is 9.30 Å². The molecule has 3 rings (SSSR count). The first-order chi connectivity index (χ1) is 17.5. The zero-order valence-electron chi connectivity index (χ0n) is 20.7. The van der Waals surface area contributed by atoms with Gasteiger partial charge in [0.25, 0.3) is 0 Å². The highest BCUT2D eigenvalue weighted by molar-refractivity contribution is 6.28. The van der Waals surface area contributed by atoms with E-state index in [1.54, 1.807) is 20.8 Å². The average molecular weight is 560 g/mol. The molecule has 0 bridgehead atoms. The number of benzene rings is 1. The van der Waals surface area contributed by atoms with Crippen LogP contribution in [0.15, 0.2) is 30.6 Å². The van der Waals surface area contributed by atoms with Gasteiger partial charge in [0, 0.05) is 20.3 Å². The molecule has 2 aromatic heterocycles. The van der Waals surface area contributed by atoms with Gasteiger partial charge in [0.2, 0.25) is 11.1 Å². The van der Waals surface area contributed by atoms with Gasteiger partial charge in [-0.15, -0.1) is 0 Å². The molecule has 3 aromatic rings. The van der Waals surface area contributed by atoms with Crippen molar-refractivity contribution in [2.24, 2.45) is 7.05 Å². The van der Waals surface area contributed by atoms with Crippen molar-refractivity contribution in [2.75, 3.05) is 12.1 Å². The third kappa shape index (κ3) is 6.45. The first-order valence-corrected chi connectivity index (χ1v) is 11.2. The summed E-state index contributed by atoms with van der Waals surface area (Å²) in [6, 6.07) is 3.58. The smallest absolute Gasteiger partial charge is 0.434 e. The number of aryl methyl sites for hydroxylation is 1. The monoisotopic (exact) mass is 559 g/mol. The quantitative estimate of drug-likeness (QED) is 0.171. The van der Waals surface area contributed by atoms with E-state index < -0.39 is 40.0 Å². The van der Waals surface area contributed by atoms with Crippen LogP contribution in [0.4, 0.5) is 33.9 Å². The van der Waals surface area contributed by atoms with Crippen LogP contribution in [-0.2, 0) is 24.5 Å². The molecule has 0 saturated carbocycles. The number of nitrogens with zero attached hydrogens (tertiary/aromatic N) is 7. The summed E-state index contributed by atoms with van der Waals surface area (Å²) in [5, 5.41) is 13.2. The second-order valence-corrected chi connectivity index (χ2v) is 9.38. The molecule has 0 aliphatic carbocycles. The largest absolute Gasteiger partial charge is 0.442 e. The molecule has 0 aliphatic rings. The van der Waals surface area contributed by atoms with Crippen LogP contribution < -0.4 is 5.01 Å². The second kappa shape index (κ2) is 10.4. The maximum atomic E-state index is 15.1. The molecule has 0 atom stereocenters. The highest BCUT2D eigenvalue weighted by atomic mass is 35.5. The maximum absolute atomic E-state index is 15.1. The predicted molar refractivity (Wildman–Crippen MR) is 127 cm³/mol. The third-order valence-electron chi connectivity index (χ3n) is 4.96. The summed E-state index contributed by atoms with van der Waals surface area (Å²) in [5.41, 5.74) is -2.74. The topological polar surface area (TPSA) is 120 Å². The first-order valence-electron chi connectivity index (χ1n) is 10.8. The number of nitro groups is 1. The number of ether oxygens (including phenoxy) is 1. The van der Waals surface area contributed by atoms with Crippen molar-refractivity contribution in [2.45, 2.75) is 39.1 Å². The summed E-state index contributed by atoms with van der Waals surface area (Å²) in [6.07, 6.45) is -4.04. The van der Waals surface area contributed by atoms with Crippen LogP contribution in [0.5, 0.6) is 0 Å². The fraction of sp³-hybridized carbons (Fsp3) is 0.364. The Hall–Kier alpha value is -4.01. The van der Waals surface area contributed by atoms with Crippen LogP contribution in [0.25, 0.3) is 11.4 Å². The lowest BCUT2D eigenvalue weighted by Gasteiger charge is -2.33. The Morgan fingerprint density at radius 1 is 1.24 bits per heavy atom. The van der Waals surface area contributed by atoms with E-state index in [2.05, 4.69) is 15.0 Å². The number of alkyl halides is 3. The standard InChI is InChI=1S/C22H22ClF4N7O4/c1-21(2,3)38-20(35)32(5)33(18-15(34(36)37)9-28-19(23)30-18)10-12-6-7-13(14(24)8-12)17-29-16(11-31(17)4)22(25,26)27/h6-9,11H,10H2,1-5H3. The Kier molecular flexibility index (Phi) is 7.81. The molecule has 0 N–H and O–H groups in total. The molecule has 0 radical (unpaired) electrons. The van der Waals surface area contributed by atoms with Gasteiger partial charge in [-0.1, -0.05) is 6.07 Å². The van der Waals surface area contributed by atoms with Crippen molar-refractivity contribution >= 4 is 29.2 Å². The van der Waals surface area contributed by atoms with Crippen molar-refractivity contribution in [1.29, 1.82) is 0 Å². The number of aromatic nitrogens is 4. The lowest BCUT2D eigenvalue weighted by molar-refractivity contribution is -0.384. The van der Waals surface area contributed by atoms with Crippen molar-refractivity contribution in [3.8, 4) is 11.4 Å². The second-order valence-electron chi connectivity index (χ2n) is 9.04. The van der Waals surface area contributed by atoms with Gasteiger partial charge >= 0.3 is 18.0 Å². The number of hydrogen-bond acceptors (Lipinski definition) is 8. The van der Waals surface area contributed by atoms with E-state index in [-0.39, 0.29) is 34.6 Å². The van der Waals surface area contributed by atoms with Crippen molar-refractivity contribution in [3.05, 3.63) is 63.1 Å². The molecule has 38 heavy (non-hydrogen) atoms.